The second-order valence-corrected chi connectivity index (χ2v) is 7.05. The van der Waals surface area contributed by atoms with Gasteiger partial charge in [0.2, 0.25) is 10.0 Å². The predicted molar refractivity (Wildman–Crippen MR) is 81.9 cm³/mol. The van der Waals surface area contributed by atoms with Crippen LogP contribution in [0.4, 0.5) is 5.69 Å². The molecule has 1 unspecified atom stereocenters. The van der Waals surface area contributed by atoms with Crippen molar-refractivity contribution in [2.24, 2.45) is 0 Å². The molecule has 21 heavy (non-hydrogen) atoms. The monoisotopic (exact) mass is 314 g/mol. The number of benzene rings is 1. The van der Waals surface area contributed by atoms with Crippen LogP contribution in [0.5, 0.6) is 0 Å². The van der Waals surface area contributed by atoms with Crippen LogP contribution in [0, 0.1) is 0 Å². The topological polar surface area (TPSA) is 78.9 Å². The van der Waals surface area contributed by atoms with Gasteiger partial charge in [0.15, 0.2) is 0 Å². The number of anilines is 1. The van der Waals surface area contributed by atoms with Gasteiger partial charge in [0.05, 0.1) is 25.1 Å². The number of sulfonamides is 1. The summed E-state index contributed by atoms with van der Waals surface area (Å²) in [5, 5.41) is 10.0. The molecule has 0 amide bonds. The van der Waals surface area contributed by atoms with E-state index in [1.165, 1.54) is 0 Å². The Labute approximate surface area is 125 Å². The van der Waals surface area contributed by atoms with Crippen LogP contribution < -0.4 is 9.62 Å². The van der Waals surface area contributed by atoms with E-state index < -0.39 is 16.1 Å². The lowest BCUT2D eigenvalue weighted by atomic mass is 10.1. The molecule has 7 heteroatoms. The van der Waals surface area contributed by atoms with Crippen molar-refractivity contribution in [2.45, 2.75) is 13.0 Å². The second-order valence-electron chi connectivity index (χ2n) is 4.96. The summed E-state index contributed by atoms with van der Waals surface area (Å²) in [4.78, 5) is 2.22. The van der Waals surface area contributed by atoms with Crippen LogP contribution in [0.15, 0.2) is 24.3 Å². The highest BCUT2D eigenvalue weighted by Crippen LogP contribution is 2.20. The SMILES string of the molecule is CCS(=O)(=O)NCC(O)c1ccc(N2CCOCC2)cc1. The number of ether oxygens (including phenoxy) is 1. The van der Waals surface area contributed by atoms with E-state index >= 15 is 0 Å². The molecule has 0 bridgehead atoms. The summed E-state index contributed by atoms with van der Waals surface area (Å²) < 4.78 is 30.4. The van der Waals surface area contributed by atoms with Gasteiger partial charge in [-0.05, 0) is 24.6 Å². The minimum Gasteiger partial charge on any atom is -0.387 e. The van der Waals surface area contributed by atoms with Crippen molar-refractivity contribution in [2.75, 3.05) is 43.5 Å². The average Bonchev–Trinajstić information content (AvgIpc) is 2.54. The minimum absolute atomic E-state index is 0.00687. The van der Waals surface area contributed by atoms with Gasteiger partial charge in [-0.1, -0.05) is 12.1 Å². The molecule has 0 aliphatic carbocycles. The molecule has 1 aliphatic rings. The molecule has 1 atom stereocenters. The van der Waals surface area contributed by atoms with E-state index in [0.717, 1.165) is 32.0 Å². The van der Waals surface area contributed by atoms with Crippen molar-refractivity contribution >= 4 is 15.7 Å². The molecule has 118 valence electrons. The van der Waals surface area contributed by atoms with Crippen LogP contribution in [-0.4, -0.2) is 52.1 Å². The fourth-order valence-electron chi connectivity index (χ4n) is 2.15. The number of morpholine rings is 1. The number of hydrogen-bond donors (Lipinski definition) is 2. The lowest BCUT2D eigenvalue weighted by molar-refractivity contribution is 0.122. The zero-order chi connectivity index (χ0) is 15.3. The van der Waals surface area contributed by atoms with E-state index in [4.69, 9.17) is 4.74 Å². The van der Waals surface area contributed by atoms with Crippen LogP contribution in [-0.2, 0) is 14.8 Å². The minimum atomic E-state index is -3.28. The molecule has 0 saturated carbocycles. The Kier molecular flexibility index (Phi) is 5.58. The van der Waals surface area contributed by atoms with Gasteiger partial charge in [-0.15, -0.1) is 0 Å². The summed E-state index contributed by atoms with van der Waals surface area (Å²) in [5.41, 5.74) is 1.79. The zero-order valence-corrected chi connectivity index (χ0v) is 13.0. The first kappa shape index (κ1) is 16.2. The number of nitrogens with zero attached hydrogens (tertiary/aromatic N) is 1. The summed E-state index contributed by atoms with van der Waals surface area (Å²) in [6.45, 7) is 4.72. The normalized spacial score (nSPS) is 17.7. The molecule has 0 radical (unpaired) electrons. The molecule has 0 spiro atoms. The van der Waals surface area contributed by atoms with Gasteiger partial charge in [0, 0.05) is 25.3 Å². The molecule has 1 heterocycles. The Morgan fingerprint density at radius 3 is 2.48 bits per heavy atom. The largest absolute Gasteiger partial charge is 0.387 e. The highest BCUT2D eigenvalue weighted by Gasteiger charge is 2.14. The van der Waals surface area contributed by atoms with Crippen molar-refractivity contribution < 1.29 is 18.3 Å². The summed E-state index contributed by atoms with van der Waals surface area (Å²) in [5.74, 6) is 0.00961. The molecule has 2 N–H and O–H groups in total. The third-order valence-electron chi connectivity index (χ3n) is 3.53. The van der Waals surface area contributed by atoms with Crippen LogP contribution in [0.1, 0.15) is 18.6 Å². The van der Waals surface area contributed by atoms with Crippen molar-refractivity contribution in [3.8, 4) is 0 Å². The first-order chi connectivity index (χ1) is 10.0. The van der Waals surface area contributed by atoms with Gasteiger partial charge < -0.3 is 14.7 Å². The first-order valence-electron chi connectivity index (χ1n) is 7.10. The van der Waals surface area contributed by atoms with E-state index in [9.17, 15) is 13.5 Å². The van der Waals surface area contributed by atoms with Gasteiger partial charge in [-0.3, -0.25) is 0 Å². The van der Waals surface area contributed by atoms with Gasteiger partial charge in [-0.25, -0.2) is 13.1 Å². The van der Waals surface area contributed by atoms with Gasteiger partial charge in [-0.2, -0.15) is 0 Å². The molecule has 1 fully saturated rings. The molecule has 0 aromatic heterocycles. The maximum atomic E-state index is 11.4. The van der Waals surface area contributed by atoms with E-state index in [0.29, 0.717) is 5.56 Å². The highest BCUT2D eigenvalue weighted by molar-refractivity contribution is 7.89. The fourth-order valence-corrected chi connectivity index (χ4v) is 2.77. The Balaban J connectivity index is 1.94. The molecule has 1 aliphatic heterocycles. The Bertz CT molecular complexity index is 539. The number of rotatable bonds is 6. The van der Waals surface area contributed by atoms with Crippen molar-refractivity contribution in [1.82, 2.24) is 4.72 Å². The van der Waals surface area contributed by atoms with Gasteiger partial charge in [0.1, 0.15) is 0 Å². The Morgan fingerprint density at radius 1 is 1.29 bits per heavy atom. The Morgan fingerprint density at radius 2 is 1.90 bits per heavy atom. The van der Waals surface area contributed by atoms with Gasteiger partial charge >= 0.3 is 0 Å². The molecular weight excluding hydrogens is 292 g/mol. The molecule has 2 rings (SSSR count). The summed E-state index contributed by atoms with van der Waals surface area (Å²) >= 11 is 0. The van der Waals surface area contributed by atoms with E-state index in [2.05, 4.69) is 9.62 Å². The summed E-state index contributed by atoms with van der Waals surface area (Å²) in [6, 6.07) is 7.54. The van der Waals surface area contributed by atoms with Crippen LogP contribution >= 0.6 is 0 Å². The van der Waals surface area contributed by atoms with Crippen molar-refractivity contribution in [3.63, 3.8) is 0 Å². The predicted octanol–water partition coefficient (Wildman–Crippen LogP) is 0.496. The average molecular weight is 314 g/mol. The second kappa shape index (κ2) is 7.22. The maximum Gasteiger partial charge on any atom is 0.211 e. The molecule has 1 aromatic rings. The zero-order valence-electron chi connectivity index (χ0n) is 12.2. The molecule has 6 nitrogen and oxygen atoms in total. The fraction of sp³-hybridized carbons (Fsp3) is 0.571. The number of aliphatic hydroxyl groups is 1. The first-order valence-corrected chi connectivity index (χ1v) is 8.75. The third-order valence-corrected chi connectivity index (χ3v) is 4.90. The highest BCUT2D eigenvalue weighted by atomic mass is 32.2. The lowest BCUT2D eigenvalue weighted by Crippen LogP contribution is -2.36. The van der Waals surface area contributed by atoms with Crippen molar-refractivity contribution in [3.05, 3.63) is 29.8 Å². The number of hydrogen-bond acceptors (Lipinski definition) is 5. The summed E-state index contributed by atoms with van der Waals surface area (Å²) in [6.07, 6.45) is -0.843. The maximum absolute atomic E-state index is 11.4. The van der Waals surface area contributed by atoms with Crippen LogP contribution in [0.3, 0.4) is 0 Å². The lowest BCUT2D eigenvalue weighted by Gasteiger charge is -2.29. The molecular formula is C14H22N2O4S. The summed E-state index contributed by atoms with van der Waals surface area (Å²) in [7, 11) is -3.28. The van der Waals surface area contributed by atoms with E-state index in [-0.39, 0.29) is 12.3 Å². The van der Waals surface area contributed by atoms with E-state index in [1.54, 1.807) is 6.92 Å². The molecule has 1 saturated heterocycles. The van der Waals surface area contributed by atoms with E-state index in [1.807, 2.05) is 24.3 Å². The smallest absolute Gasteiger partial charge is 0.211 e. The quantitative estimate of drug-likeness (QED) is 0.799. The number of nitrogens with one attached hydrogen (secondary N) is 1. The molecule has 1 aromatic carbocycles. The Hall–Kier alpha value is -1.15. The third kappa shape index (κ3) is 4.67. The van der Waals surface area contributed by atoms with Crippen LogP contribution in [0.2, 0.25) is 0 Å². The standard InChI is InChI=1S/C14H22N2O4S/c1-2-21(18,19)15-11-14(17)12-3-5-13(6-4-12)16-7-9-20-10-8-16/h3-6,14-15,17H,2,7-11H2,1H3. The number of aliphatic hydroxyl groups excluding tert-OH is 1. The van der Waals surface area contributed by atoms with Gasteiger partial charge in [0.25, 0.3) is 0 Å². The van der Waals surface area contributed by atoms with Crippen molar-refractivity contribution in [1.29, 1.82) is 0 Å². The van der Waals surface area contributed by atoms with Crippen LogP contribution in [0.25, 0.3) is 0 Å².